The Kier molecular flexibility index (Phi) is 5.20. The number of carbonyl (C=O) groups excluding carboxylic acids is 1. The minimum atomic E-state index is -3.92. The molecule has 0 spiro atoms. The van der Waals surface area contributed by atoms with Crippen molar-refractivity contribution in [2.24, 2.45) is 11.1 Å². The van der Waals surface area contributed by atoms with Gasteiger partial charge >= 0.3 is 0 Å². The van der Waals surface area contributed by atoms with Crippen LogP contribution in [-0.4, -0.2) is 14.3 Å². The molecule has 132 valence electrons. The Hall–Kier alpha value is -2.18. The quantitative estimate of drug-likeness (QED) is 0.876. The van der Waals surface area contributed by atoms with E-state index in [-0.39, 0.29) is 16.7 Å². The first-order valence-corrected chi connectivity index (χ1v) is 10.0. The molecule has 3 N–H and O–H groups in total. The first-order chi connectivity index (χ1) is 11.9. The molecule has 0 saturated heterocycles. The lowest BCUT2D eigenvalue weighted by Crippen LogP contribution is -2.25. The summed E-state index contributed by atoms with van der Waals surface area (Å²) < 4.78 is 24.1. The molecule has 0 unspecified atom stereocenters. The SMILES string of the molecule is NS(=O)(=O)c1cc(NC(=O)C2CCCCC2)ccc1-c1ccccc1. The number of nitrogens with one attached hydrogen (secondary N) is 1. The number of amides is 1. The molecule has 1 fully saturated rings. The van der Waals surface area contributed by atoms with Gasteiger partial charge in [0, 0.05) is 17.2 Å². The topological polar surface area (TPSA) is 89.3 Å². The second kappa shape index (κ2) is 7.37. The Morgan fingerprint density at radius 2 is 1.68 bits per heavy atom. The van der Waals surface area contributed by atoms with Crippen LogP contribution < -0.4 is 10.5 Å². The summed E-state index contributed by atoms with van der Waals surface area (Å²) in [5.74, 6) is -0.0481. The van der Waals surface area contributed by atoms with Crippen LogP contribution in [0, 0.1) is 5.92 Å². The molecule has 1 amide bonds. The fourth-order valence-corrected chi connectivity index (χ4v) is 4.08. The van der Waals surface area contributed by atoms with E-state index in [0.717, 1.165) is 31.2 Å². The molecule has 0 aliphatic heterocycles. The normalized spacial score (nSPS) is 15.7. The average Bonchev–Trinajstić information content (AvgIpc) is 2.62. The number of carbonyl (C=O) groups is 1. The molecular weight excluding hydrogens is 336 g/mol. The van der Waals surface area contributed by atoms with Gasteiger partial charge in [0.05, 0.1) is 4.90 Å². The Bertz CT molecular complexity index is 857. The minimum Gasteiger partial charge on any atom is -0.326 e. The van der Waals surface area contributed by atoms with E-state index in [9.17, 15) is 13.2 Å². The molecule has 2 aromatic rings. The maximum absolute atomic E-state index is 12.4. The van der Waals surface area contributed by atoms with Gasteiger partial charge in [0.1, 0.15) is 0 Å². The standard InChI is InChI=1S/C19H22N2O3S/c20-25(23,24)18-13-16(21-19(22)15-9-5-2-6-10-15)11-12-17(18)14-7-3-1-4-8-14/h1,3-4,7-8,11-13,15H,2,5-6,9-10H2,(H,21,22)(H2,20,23,24). The molecule has 3 rings (SSSR count). The monoisotopic (exact) mass is 358 g/mol. The van der Waals surface area contributed by atoms with Gasteiger partial charge in [-0.15, -0.1) is 0 Å². The smallest absolute Gasteiger partial charge is 0.238 e. The van der Waals surface area contributed by atoms with Gasteiger partial charge in [-0.05, 0) is 30.5 Å². The molecule has 6 heteroatoms. The lowest BCUT2D eigenvalue weighted by atomic mass is 9.88. The van der Waals surface area contributed by atoms with Gasteiger partial charge in [-0.3, -0.25) is 4.79 Å². The van der Waals surface area contributed by atoms with E-state index in [1.807, 2.05) is 30.3 Å². The summed E-state index contributed by atoms with van der Waals surface area (Å²) in [5, 5.41) is 8.24. The van der Waals surface area contributed by atoms with E-state index < -0.39 is 10.0 Å². The molecule has 1 aliphatic rings. The van der Waals surface area contributed by atoms with Gasteiger partial charge in [-0.1, -0.05) is 55.7 Å². The highest BCUT2D eigenvalue weighted by atomic mass is 32.2. The van der Waals surface area contributed by atoms with Crippen LogP contribution in [0.5, 0.6) is 0 Å². The Labute approximate surface area is 148 Å². The van der Waals surface area contributed by atoms with E-state index in [1.54, 1.807) is 12.1 Å². The second-order valence-corrected chi connectivity index (χ2v) is 7.98. The zero-order valence-electron chi connectivity index (χ0n) is 13.9. The van der Waals surface area contributed by atoms with Gasteiger partial charge in [0.25, 0.3) is 0 Å². The van der Waals surface area contributed by atoms with Crippen LogP contribution in [0.4, 0.5) is 5.69 Å². The fraction of sp³-hybridized carbons (Fsp3) is 0.316. The summed E-state index contributed by atoms with van der Waals surface area (Å²) in [4.78, 5) is 12.4. The highest BCUT2D eigenvalue weighted by Gasteiger charge is 2.22. The molecule has 0 heterocycles. The number of benzene rings is 2. The number of hydrogen-bond acceptors (Lipinski definition) is 3. The van der Waals surface area contributed by atoms with Gasteiger partial charge in [0.2, 0.25) is 15.9 Å². The van der Waals surface area contributed by atoms with E-state index in [1.165, 1.54) is 12.5 Å². The Morgan fingerprint density at radius 1 is 1.00 bits per heavy atom. The van der Waals surface area contributed by atoms with Crippen LogP contribution in [0.2, 0.25) is 0 Å². The molecule has 1 aliphatic carbocycles. The maximum atomic E-state index is 12.4. The molecule has 0 aromatic heterocycles. The molecule has 0 atom stereocenters. The van der Waals surface area contributed by atoms with E-state index >= 15 is 0 Å². The summed E-state index contributed by atoms with van der Waals surface area (Å²) in [7, 11) is -3.92. The number of nitrogens with two attached hydrogens (primary N) is 1. The summed E-state index contributed by atoms with van der Waals surface area (Å²) in [6.45, 7) is 0. The Balaban J connectivity index is 1.91. The van der Waals surface area contributed by atoms with Crippen molar-refractivity contribution in [3.63, 3.8) is 0 Å². The first kappa shape index (κ1) is 17.6. The third-order valence-corrected chi connectivity index (χ3v) is 5.57. The third-order valence-electron chi connectivity index (χ3n) is 4.62. The van der Waals surface area contributed by atoms with Crippen LogP contribution in [0.1, 0.15) is 32.1 Å². The van der Waals surface area contributed by atoms with Crippen molar-refractivity contribution in [3.8, 4) is 11.1 Å². The van der Waals surface area contributed by atoms with Gasteiger partial charge in [0.15, 0.2) is 0 Å². The van der Waals surface area contributed by atoms with Gasteiger partial charge in [-0.2, -0.15) is 0 Å². The zero-order valence-corrected chi connectivity index (χ0v) is 14.8. The number of primary sulfonamides is 1. The minimum absolute atomic E-state index is 0.000448. The number of sulfonamides is 1. The van der Waals surface area contributed by atoms with Crippen molar-refractivity contribution >= 4 is 21.6 Å². The second-order valence-electron chi connectivity index (χ2n) is 6.45. The first-order valence-electron chi connectivity index (χ1n) is 8.48. The maximum Gasteiger partial charge on any atom is 0.238 e. The van der Waals surface area contributed by atoms with Crippen LogP contribution in [0.3, 0.4) is 0 Å². The molecule has 5 nitrogen and oxygen atoms in total. The summed E-state index contributed by atoms with van der Waals surface area (Å²) in [6.07, 6.45) is 5.07. The van der Waals surface area contributed by atoms with Crippen molar-refractivity contribution in [2.75, 3.05) is 5.32 Å². The van der Waals surface area contributed by atoms with Crippen LogP contribution in [0.25, 0.3) is 11.1 Å². The zero-order chi connectivity index (χ0) is 17.9. The van der Waals surface area contributed by atoms with Crippen LogP contribution in [-0.2, 0) is 14.8 Å². The molecule has 0 radical (unpaired) electrons. The van der Waals surface area contributed by atoms with Crippen molar-refractivity contribution in [1.82, 2.24) is 0 Å². The lowest BCUT2D eigenvalue weighted by Gasteiger charge is -2.21. The van der Waals surface area contributed by atoms with Crippen LogP contribution in [0.15, 0.2) is 53.4 Å². The third kappa shape index (κ3) is 4.27. The highest BCUT2D eigenvalue weighted by molar-refractivity contribution is 7.89. The van der Waals surface area contributed by atoms with Crippen molar-refractivity contribution in [1.29, 1.82) is 0 Å². The molecule has 0 bridgehead atoms. The summed E-state index contributed by atoms with van der Waals surface area (Å²) in [5.41, 5.74) is 1.75. The van der Waals surface area contributed by atoms with E-state index in [2.05, 4.69) is 5.32 Å². The molecular formula is C19H22N2O3S. The van der Waals surface area contributed by atoms with Gasteiger partial charge < -0.3 is 5.32 Å². The average molecular weight is 358 g/mol. The van der Waals surface area contributed by atoms with Crippen LogP contribution >= 0.6 is 0 Å². The summed E-state index contributed by atoms with van der Waals surface area (Å²) >= 11 is 0. The van der Waals surface area contributed by atoms with E-state index in [4.69, 9.17) is 5.14 Å². The van der Waals surface area contributed by atoms with Crippen molar-refractivity contribution < 1.29 is 13.2 Å². The largest absolute Gasteiger partial charge is 0.326 e. The molecule has 1 saturated carbocycles. The van der Waals surface area contributed by atoms with Gasteiger partial charge in [-0.25, -0.2) is 13.6 Å². The number of anilines is 1. The van der Waals surface area contributed by atoms with Crippen molar-refractivity contribution in [3.05, 3.63) is 48.5 Å². The lowest BCUT2D eigenvalue weighted by molar-refractivity contribution is -0.120. The number of rotatable bonds is 4. The fourth-order valence-electron chi connectivity index (χ4n) is 3.30. The van der Waals surface area contributed by atoms with Crippen molar-refractivity contribution in [2.45, 2.75) is 37.0 Å². The molecule has 25 heavy (non-hydrogen) atoms. The molecule has 2 aromatic carbocycles. The number of hydrogen-bond donors (Lipinski definition) is 2. The highest BCUT2D eigenvalue weighted by Crippen LogP contribution is 2.30. The summed E-state index contributed by atoms with van der Waals surface area (Å²) in [6, 6.07) is 14.0. The predicted octanol–water partition coefficient (Wildman–Crippen LogP) is 3.52. The predicted molar refractivity (Wildman–Crippen MR) is 98.5 cm³/mol. The Morgan fingerprint density at radius 3 is 2.32 bits per heavy atom. The van der Waals surface area contributed by atoms with E-state index in [0.29, 0.717) is 11.3 Å².